The summed E-state index contributed by atoms with van der Waals surface area (Å²) in [4.78, 5) is 16.1. The first kappa shape index (κ1) is 16.1. The molecule has 0 radical (unpaired) electrons. The number of H-pyrrole nitrogens is 1. The van der Waals surface area contributed by atoms with E-state index in [2.05, 4.69) is 25.1 Å². The fourth-order valence-electron chi connectivity index (χ4n) is 2.92. The molecule has 0 fully saturated rings. The monoisotopic (exact) mass is 373 g/mol. The summed E-state index contributed by atoms with van der Waals surface area (Å²) in [5.41, 5.74) is 3.59. The van der Waals surface area contributed by atoms with Crippen LogP contribution in [0.5, 0.6) is 5.75 Å². The summed E-state index contributed by atoms with van der Waals surface area (Å²) in [6, 6.07) is 11.5. The lowest BCUT2D eigenvalue weighted by atomic mass is 10.1. The van der Waals surface area contributed by atoms with Crippen molar-refractivity contribution in [2.75, 3.05) is 0 Å². The average Bonchev–Trinajstić information content (AvgIpc) is 3.39. The molecule has 5 aromatic rings. The number of aromatic hydroxyl groups is 1. The van der Waals surface area contributed by atoms with Crippen LogP contribution in [0.2, 0.25) is 0 Å². The van der Waals surface area contributed by atoms with E-state index in [9.17, 15) is 9.50 Å². The van der Waals surface area contributed by atoms with Crippen LogP contribution < -0.4 is 0 Å². The Labute approximate surface area is 157 Å². The molecule has 2 N–H and O–H groups in total. The minimum absolute atomic E-state index is 0.219. The molecule has 0 aliphatic rings. The Kier molecular flexibility index (Phi) is 3.61. The lowest BCUT2D eigenvalue weighted by Gasteiger charge is -2.02. The third-order valence-electron chi connectivity index (χ3n) is 4.34. The molecule has 0 bridgehead atoms. The lowest BCUT2D eigenvalue weighted by molar-refractivity contribution is 0.429. The van der Waals surface area contributed by atoms with Gasteiger partial charge in [-0.05, 0) is 48.0 Å². The van der Waals surface area contributed by atoms with Crippen molar-refractivity contribution in [1.29, 1.82) is 0 Å². The van der Waals surface area contributed by atoms with Crippen LogP contribution in [-0.2, 0) is 0 Å². The van der Waals surface area contributed by atoms with E-state index in [0.29, 0.717) is 11.3 Å². The lowest BCUT2D eigenvalue weighted by Crippen LogP contribution is -1.87. The van der Waals surface area contributed by atoms with Gasteiger partial charge in [-0.2, -0.15) is 4.98 Å². The number of phenolic OH excluding ortho intramolecular Hbond substituents is 1. The van der Waals surface area contributed by atoms with Gasteiger partial charge in [0.2, 0.25) is 5.82 Å². The van der Waals surface area contributed by atoms with Gasteiger partial charge >= 0.3 is 0 Å². The van der Waals surface area contributed by atoms with Gasteiger partial charge in [0.15, 0.2) is 11.6 Å². The predicted molar refractivity (Wildman–Crippen MR) is 99.7 cm³/mol. The predicted octanol–water partition coefficient (Wildman–Crippen LogP) is 4.19. The largest absolute Gasteiger partial charge is 0.505 e. The fourth-order valence-corrected chi connectivity index (χ4v) is 2.92. The second kappa shape index (κ2) is 6.27. The van der Waals surface area contributed by atoms with Crippen molar-refractivity contribution < 1.29 is 14.0 Å². The summed E-state index contributed by atoms with van der Waals surface area (Å²) in [6.45, 7) is 0. The van der Waals surface area contributed by atoms with E-state index in [1.54, 1.807) is 12.4 Å². The maximum atomic E-state index is 13.2. The molecule has 0 aliphatic heterocycles. The Balaban J connectivity index is 1.51. The van der Waals surface area contributed by atoms with Crippen molar-refractivity contribution in [3.63, 3.8) is 0 Å². The number of aromatic nitrogens is 5. The van der Waals surface area contributed by atoms with Gasteiger partial charge in [0.1, 0.15) is 11.3 Å². The van der Waals surface area contributed by atoms with Crippen molar-refractivity contribution in [3.8, 4) is 39.8 Å². The molecule has 0 atom stereocenters. The zero-order chi connectivity index (χ0) is 19.1. The second-order valence-electron chi connectivity index (χ2n) is 6.16. The number of aromatic amines is 1. The zero-order valence-electron chi connectivity index (χ0n) is 14.3. The van der Waals surface area contributed by atoms with Crippen LogP contribution in [0.4, 0.5) is 4.39 Å². The highest BCUT2D eigenvalue weighted by atomic mass is 19.1. The van der Waals surface area contributed by atoms with Crippen LogP contribution >= 0.6 is 0 Å². The maximum Gasteiger partial charge on any atom is 0.276 e. The highest BCUT2D eigenvalue weighted by Crippen LogP contribution is 2.28. The van der Waals surface area contributed by atoms with Crippen molar-refractivity contribution in [2.24, 2.45) is 0 Å². The molecule has 8 heteroatoms. The van der Waals surface area contributed by atoms with Crippen molar-refractivity contribution in [3.05, 3.63) is 66.9 Å². The smallest absolute Gasteiger partial charge is 0.276 e. The number of pyridine rings is 2. The number of benzene rings is 1. The summed E-state index contributed by atoms with van der Waals surface area (Å²) in [5.74, 6) is -0.740. The molecule has 0 saturated heterocycles. The van der Waals surface area contributed by atoms with Crippen molar-refractivity contribution in [2.45, 2.75) is 0 Å². The maximum absolute atomic E-state index is 13.2. The molecule has 28 heavy (non-hydrogen) atoms. The Morgan fingerprint density at radius 1 is 0.964 bits per heavy atom. The average molecular weight is 373 g/mol. The molecule has 0 aliphatic carbocycles. The van der Waals surface area contributed by atoms with E-state index in [1.807, 2.05) is 30.5 Å². The van der Waals surface area contributed by atoms with E-state index in [1.165, 1.54) is 12.1 Å². The molecular formula is C20H12FN5O2. The van der Waals surface area contributed by atoms with Gasteiger partial charge in [-0.1, -0.05) is 5.16 Å². The molecule has 4 heterocycles. The second-order valence-corrected chi connectivity index (χ2v) is 6.16. The minimum atomic E-state index is -0.713. The van der Waals surface area contributed by atoms with E-state index in [0.717, 1.165) is 28.2 Å². The van der Waals surface area contributed by atoms with Crippen LogP contribution in [0, 0.1) is 5.82 Å². The summed E-state index contributed by atoms with van der Waals surface area (Å²) in [5, 5.41) is 14.4. The topological polar surface area (TPSA) is 101 Å². The van der Waals surface area contributed by atoms with Crippen LogP contribution in [0.3, 0.4) is 0 Å². The van der Waals surface area contributed by atoms with E-state index < -0.39 is 11.6 Å². The highest BCUT2D eigenvalue weighted by molar-refractivity contribution is 5.81. The minimum Gasteiger partial charge on any atom is -0.505 e. The molecule has 0 saturated carbocycles. The Morgan fingerprint density at radius 3 is 2.79 bits per heavy atom. The SMILES string of the molecule is Oc1cc(-c2noc(-c3cc(-c4cnc5[nH]ccc5c4)ccn3)n2)ccc1F. The van der Waals surface area contributed by atoms with Gasteiger partial charge in [-0.15, -0.1) is 0 Å². The number of fused-ring (bicyclic) bond motifs is 1. The van der Waals surface area contributed by atoms with Crippen LogP contribution in [0.1, 0.15) is 0 Å². The normalized spacial score (nSPS) is 11.2. The first-order chi connectivity index (χ1) is 13.7. The number of rotatable bonds is 3. The number of nitrogens with one attached hydrogen (secondary N) is 1. The molecular weight excluding hydrogens is 361 g/mol. The number of hydrogen-bond acceptors (Lipinski definition) is 6. The van der Waals surface area contributed by atoms with Gasteiger partial charge in [0.05, 0.1) is 0 Å². The van der Waals surface area contributed by atoms with Crippen LogP contribution in [-0.4, -0.2) is 30.2 Å². The van der Waals surface area contributed by atoms with Crippen LogP contribution in [0.25, 0.3) is 45.1 Å². The van der Waals surface area contributed by atoms with E-state index in [-0.39, 0.29) is 11.7 Å². The summed E-state index contributed by atoms with van der Waals surface area (Å²) in [6.07, 6.45) is 5.27. The molecule has 4 aromatic heterocycles. The summed E-state index contributed by atoms with van der Waals surface area (Å²) >= 11 is 0. The molecule has 5 rings (SSSR count). The standard InChI is InChI=1S/C20H12FN5O2/c21-15-2-1-12(9-17(15)27)19-25-20(28-26-19)16-8-11(3-5-22-16)14-7-13-4-6-23-18(13)24-10-14/h1-10,27H,(H,23,24). The summed E-state index contributed by atoms with van der Waals surface area (Å²) < 4.78 is 18.5. The first-order valence-electron chi connectivity index (χ1n) is 8.40. The number of nitrogens with zero attached hydrogens (tertiary/aromatic N) is 4. The van der Waals surface area contributed by atoms with Gasteiger partial charge in [-0.3, -0.25) is 4.98 Å². The molecule has 1 aromatic carbocycles. The molecule has 0 spiro atoms. The number of phenols is 1. The van der Waals surface area contributed by atoms with Gasteiger partial charge in [0.25, 0.3) is 5.89 Å². The Hall–Kier alpha value is -4.07. The third-order valence-corrected chi connectivity index (χ3v) is 4.34. The quantitative estimate of drug-likeness (QED) is 0.492. The fraction of sp³-hybridized carbons (Fsp3) is 0. The molecule has 136 valence electrons. The molecule has 7 nitrogen and oxygen atoms in total. The molecule has 0 amide bonds. The highest BCUT2D eigenvalue weighted by Gasteiger charge is 2.14. The summed E-state index contributed by atoms with van der Waals surface area (Å²) in [7, 11) is 0. The third kappa shape index (κ3) is 2.77. The van der Waals surface area contributed by atoms with Crippen LogP contribution in [0.15, 0.2) is 65.6 Å². The number of halogens is 1. The van der Waals surface area contributed by atoms with Gasteiger partial charge < -0.3 is 14.6 Å². The zero-order valence-corrected chi connectivity index (χ0v) is 14.3. The Bertz CT molecular complexity index is 1310. The van der Waals surface area contributed by atoms with E-state index >= 15 is 0 Å². The van der Waals surface area contributed by atoms with Crippen molar-refractivity contribution in [1.82, 2.24) is 25.1 Å². The molecule has 0 unspecified atom stereocenters. The van der Waals surface area contributed by atoms with Gasteiger partial charge in [0, 0.05) is 35.1 Å². The van der Waals surface area contributed by atoms with E-state index in [4.69, 9.17) is 4.52 Å². The van der Waals surface area contributed by atoms with Crippen molar-refractivity contribution >= 4 is 11.0 Å². The number of hydrogen-bond donors (Lipinski definition) is 2. The van der Waals surface area contributed by atoms with Gasteiger partial charge in [-0.25, -0.2) is 9.37 Å². The Morgan fingerprint density at radius 2 is 1.89 bits per heavy atom. The first-order valence-corrected chi connectivity index (χ1v) is 8.40.